The number of carbonyl (C=O) groups excluding carboxylic acids is 5. The number of hydrogen-bond acceptors (Lipinski definition) is 7. The number of nitrogens with one attached hydrogen (secondary N) is 4. The molecular weight excluding hydrogens is 534 g/mol. The third kappa shape index (κ3) is 9.47. The molecule has 1 heterocycles. The van der Waals surface area contributed by atoms with E-state index in [1.54, 1.807) is 12.1 Å². The van der Waals surface area contributed by atoms with Gasteiger partial charge < -0.3 is 36.0 Å². The summed E-state index contributed by atoms with van der Waals surface area (Å²) >= 11 is 0. The third-order valence-electron chi connectivity index (χ3n) is 6.63. The predicted octanol–water partition coefficient (Wildman–Crippen LogP) is 1.06. The number of carboxylic acid groups (broad SMARTS) is 1. The van der Waals surface area contributed by atoms with Crippen molar-refractivity contribution in [3.05, 3.63) is 35.9 Å². The van der Waals surface area contributed by atoms with Gasteiger partial charge in [-0.15, -0.1) is 0 Å². The first-order valence-electron chi connectivity index (χ1n) is 13.4. The zero-order chi connectivity index (χ0) is 31.0. The van der Waals surface area contributed by atoms with Crippen molar-refractivity contribution in [1.82, 2.24) is 26.2 Å². The van der Waals surface area contributed by atoms with Crippen molar-refractivity contribution in [1.29, 1.82) is 0 Å². The molecule has 5 amide bonds. The van der Waals surface area contributed by atoms with Crippen molar-refractivity contribution in [2.45, 2.75) is 90.1 Å². The minimum absolute atomic E-state index is 0.0186. The highest BCUT2D eigenvalue weighted by atomic mass is 16.5. The van der Waals surface area contributed by atoms with E-state index in [2.05, 4.69) is 21.3 Å². The molecule has 5 N–H and O–H groups in total. The van der Waals surface area contributed by atoms with Gasteiger partial charge in [0.1, 0.15) is 35.8 Å². The minimum Gasteiger partial charge on any atom is -0.480 e. The summed E-state index contributed by atoms with van der Waals surface area (Å²) in [5.74, 6) is -3.63. The molecular formula is C28H41N5O8. The zero-order valence-corrected chi connectivity index (χ0v) is 24.5. The van der Waals surface area contributed by atoms with Gasteiger partial charge in [-0.05, 0) is 66.4 Å². The van der Waals surface area contributed by atoms with Crippen LogP contribution in [0.5, 0.6) is 0 Å². The lowest BCUT2D eigenvalue weighted by atomic mass is 9.94. The van der Waals surface area contributed by atoms with Crippen LogP contribution in [0.25, 0.3) is 0 Å². The van der Waals surface area contributed by atoms with Gasteiger partial charge in [-0.25, -0.2) is 4.79 Å². The molecule has 13 nitrogen and oxygen atoms in total. The third-order valence-corrected chi connectivity index (χ3v) is 6.63. The van der Waals surface area contributed by atoms with Crippen LogP contribution in [0.4, 0.5) is 4.79 Å². The highest BCUT2D eigenvalue weighted by Gasteiger charge is 2.44. The number of aliphatic carboxylic acids is 1. The summed E-state index contributed by atoms with van der Waals surface area (Å²) in [7, 11) is 0. The molecule has 1 fully saturated rings. The molecule has 1 aromatic rings. The molecule has 41 heavy (non-hydrogen) atoms. The molecule has 2 rings (SSSR count). The second-order valence-electron chi connectivity index (χ2n) is 11.6. The number of amides is 5. The van der Waals surface area contributed by atoms with Gasteiger partial charge >= 0.3 is 12.1 Å². The number of alkyl carbamates (subject to hydrolysis) is 1. The zero-order valence-electron chi connectivity index (χ0n) is 24.5. The van der Waals surface area contributed by atoms with Crippen LogP contribution in [-0.4, -0.2) is 81.4 Å². The molecule has 0 radical (unpaired) electrons. The van der Waals surface area contributed by atoms with Crippen LogP contribution >= 0.6 is 0 Å². The Kier molecular flexibility index (Phi) is 10.9. The average Bonchev–Trinajstić information content (AvgIpc) is 2.89. The van der Waals surface area contributed by atoms with E-state index in [9.17, 15) is 28.8 Å². The molecule has 0 unspecified atom stereocenters. The lowest BCUT2D eigenvalue weighted by Gasteiger charge is -2.41. The lowest BCUT2D eigenvalue weighted by molar-refractivity contribution is -0.149. The van der Waals surface area contributed by atoms with Gasteiger partial charge in [-0.3, -0.25) is 24.0 Å². The average molecular weight is 576 g/mol. The van der Waals surface area contributed by atoms with Crippen LogP contribution in [0.2, 0.25) is 0 Å². The van der Waals surface area contributed by atoms with E-state index in [1.165, 1.54) is 46.4 Å². The van der Waals surface area contributed by atoms with E-state index in [0.29, 0.717) is 19.3 Å². The first-order chi connectivity index (χ1) is 19.0. The molecule has 1 atom stereocenters. The Labute approximate surface area is 239 Å². The van der Waals surface area contributed by atoms with Crippen molar-refractivity contribution in [3.63, 3.8) is 0 Å². The molecule has 13 heteroatoms. The number of nitrogens with zero attached hydrogens (tertiary/aromatic N) is 1. The fourth-order valence-electron chi connectivity index (χ4n) is 4.20. The minimum atomic E-state index is -1.45. The molecule has 0 aromatic heterocycles. The smallest absolute Gasteiger partial charge is 0.408 e. The molecule has 1 saturated heterocycles. The van der Waals surface area contributed by atoms with Crippen LogP contribution in [-0.2, 0) is 35.3 Å². The van der Waals surface area contributed by atoms with Crippen LogP contribution < -0.4 is 21.3 Å². The maximum Gasteiger partial charge on any atom is 0.408 e. The summed E-state index contributed by atoms with van der Waals surface area (Å²) in [6.45, 7) is 8.49. The fraction of sp³-hybridized carbons (Fsp3) is 0.571. The van der Waals surface area contributed by atoms with Gasteiger partial charge in [0.25, 0.3) is 0 Å². The number of carbonyl (C=O) groups is 6. The van der Waals surface area contributed by atoms with Gasteiger partial charge in [0.15, 0.2) is 0 Å². The molecule has 0 saturated carbocycles. The number of piperidine rings is 1. The summed E-state index contributed by atoms with van der Waals surface area (Å²) in [6, 6.07) is 8.14. The predicted molar refractivity (Wildman–Crippen MR) is 148 cm³/mol. The maximum atomic E-state index is 13.6. The number of carboxylic acids is 1. The van der Waals surface area contributed by atoms with Crippen LogP contribution in [0.3, 0.4) is 0 Å². The first-order valence-corrected chi connectivity index (χ1v) is 13.4. The van der Waals surface area contributed by atoms with Crippen LogP contribution in [0.1, 0.15) is 66.4 Å². The summed E-state index contributed by atoms with van der Waals surface area (Å²) < 4.78 is 5.20. The Morgan fingerprint density at radius 3 is 2.07 bits per heavy atom. The quantitative estimate of drug-likeness (QED) is 0.259. The standard InChI is InChI=1S/C28H41N5O8/c1-26(2,22(37)29-16-20(34)35)30-21(36)19-14-10-11-15-33(19)24(39)28(5,6)31-23(38)27(3,4)32-25(40)41-17-18-12-8-7-9-13-18/h7-9,12-13,19H,10-11,14-17H2,1-6H3,(H,29,37)(H,30,36)(H,31,38)(H,32,40)(H,34,35)/t19-/m0/s1. The second-order valence-corrected chi connectivity index (χ2v) is 11.6. The Hall–Kier alpha value is -4.16. The van der Waals surface area contributed by atoms with Crippen LogP contribution in [0.15, 0.2) is 30.3 Å². The van der Waals surface area contributed by atoms with E-state index in [4.69, 9.17) is 9.84 Å². The number of hydrogen-bond donors (Lipinski definition) is 5. The second kappa shape index (κ2) is 13.5. The van der Waals surface area contributed by atoms with E-state index < -0.39 is 64.9 Å². The van der Waals surface area contributed by atoms with Crippen molar-refractivity contribution in [3.8, 4) is 0 Å². The first kappa shape index (κ1) is 33.0. The Balaban J connectivity index is 2.04. The summed E-state index contributed by atoms with van der Waals surface area (Å²) in [4.78, 5) is 76.9. The van der Waals surface area contributed by atoms with Crippen molar-refractivity contribution in [2.24, 2.45) is 0 Å². The molecule has 1 aliphatic rings. The summed E-state index contributed by atoms with van der Waals surface area (Å²) in [5.41, 5.74) is -3.54. The van der Waals surface area contributed by atoms with E-state index in [-0.39, 0.29) is 13.2 Å². The van der Waals surface area contributed by atoms with Crippen molar-refractivity contribution >= 4 is 35.7 Å². The van der Waals surface area contributed by atoms with Crippen LogP contribution in [0, 0.1) is 0 Å². The van der Waals surface area contributed by atoms with Gasteiger partial charge in [-0.1, -0.05) is 30.3 Å². The summed E-state index contributed by atoms with van der Waals surface area (Å²) in [5, 5.41) is 18.8. The number of benzene rings is 1. The molecule has 0 aliphatic carbocycles. The number of likely N-dealkylation sites (tertiary alicyclic amines) is 1. The van der Waals surface area contributed by atoms with Crippen molar-refractivity contribution < 1.29 is 38.6 Å². The Bertz CT molecular complexity index is 1150. The SMILES string of the molecule is CC(C)(NC(=O)OCc1ccccc1)C(=O)NC(C)(C)C(=O)N1CCCC[C@H]1C(=O)NC(C)(C)C(=O)NCC(=O)O. The lowest BCUT2D eigenvalue weighted by Crippen LogP contribution is -2.66. The monoisotopic (exact) mass is 575 g/mol. The van der Waals surface area contributed by atoms with Gasteiger partial charge in [0.2, 0.25) is 23.6 Å². The van der Waals surface area contributed by atoms with E-state index in [1.807, 2.05) is 18.2 Å². The maximum absolute atomic E-state index is 13.6. The van der Waals surface area contributed by atoms with Crippen molar-refractivity contribution in [2.75, 3.05) is 13.1 Å². The highest BCUT2D eigenvalue weighted by molar-refractivity contribution is 5.98. The van der Waals surface area contributed by atoms with Gasteiger partial charge in [-0.2, -0.15) is 0 Å². The van der Waals surface area contributed by atoms with E-state index >= 15 is 0 Å². The van der Waals surface area contributed by atoms with Gasteiger partial charge in [0.05, 0.1) is 0 Å². The molecule has 1 aromatic carbocycles. The molecule has 226 valence electrons. The molecule has 1 aliphatic heterocycles. The fourth-order valence-corrected chi connectivity index (χ4v) is 4.20. The summed E-state index contributed by atoms with van der Waals surface area (Å²) in [6.07, 6.45) is 0.847. The van der Waals surface area contributed by atoms with E-state index in [0.717, 1.165) is 5.56 Å². The molecule has 0 spiro atoms. The normalized spacial score (nSPS) is 15.8. The highest BCUT2D eigenvalue weighted by Crippen LogP contribution is 2.23. The molecule has 0 bridgehead atoms. The Morgan fingerprint density at radius 2 is 1.46 bits per heavy atom. The number of rotatable bonds is 11. The number of ether oxygens (including phenoxy) is 1. The Morgan fingerprint density at radius 1 is 0.854 bits per heavy atom. The van der Waals surface area contributed by atoms with Gasteiger partial charge in [0, 0.05) is 6.54 Å². The largest absolute Gasteiger partial charge is 0.480 e. The topological polar surface area (TPSA) is 183 Å².